The van der Waals surface area contributed by atoms with Gasteiger partial charge >= 0.3 is 12.9 Å². The van der Waals surface area contributed by atoms with Crippen molar-refractivity contribution >= 4 is 24.1 Å². The molecule has 0 radical (unpaired) electrons. The van der Waals surface area contributed by atoms with Gasteiger partial charge in [0.2, 0.25) is 0 Å². The van der Waals surface area contributed by atoms with Gasteiger partial charge in [0.05, 0.1) is 6.42 Å². The highest BCUT2D eigenvalue weighted by atomic mass is 19.4. The summed E-state index contributed by atoms with van der Waals surface area (Å²) in [5.41, 5.74) is -0.112. The molecule has 1 aliphatic rings. The van der Waals surface area contributed by atoms with Crippen molar-refractivity contribution in [2.45, 2.75) is 6.42 Å². The lowest BCUT2D eigenvalue weighted by atomic mass is 9.78. The minimum Gasteiger partial charge on any atom is -0.481 e. The number of piperazine rings is 1. The van der Waals surface area contributed by atoms with Crippen LogP contribution in [0, 0.1) is 0 Å². The molecule has 1 saturated heterocycles. The van der Waals surface area contributed by atoms with Crippen molar-refractivity contribution in [1.29, 1.82) is 0 Å². The molecule has 0 aliphatic carbocycles. The Morgan fingerprint density at radius 1 is 1.25 bits per heavy atom. The van der Waals surface area contributed by atoms with E-state index in [0.717, 1.165) is 12.1 Å². The molecule has 0 bridgehead atoms. The average Bonchev–Trinajstić information content (AvgIpc) is 2.37. The van der Waals surface area contributed by atoms with E-state index in [1.807, 2.05) is 4.90 Å². The fourth-order valence-electron chi connectivity index (χ4n) is 2.27. The zero-order chi connectivity index (χ0) is 14.8. The number of rotatable bonds is 4. The molecule has 2 N–H and O–H groups in total. The van der Waals surface area contributed by atoms with E-state index in [9.17, 15) is 17.7 Å². The van der Waals surface area contributed by atoms with Crippen molar-refractivity contribution in [3.63, 3.8) is 0 Å². The van der Waals surface area contributed by atoms with Crippen LogP contribution in [-0.4, -0.2) is 44.2 Å². The van der Waals surface area contributed by atoms with Crippen molar-refractivity contribution < 1.29 is 22.8 Å². The van der Waals surface area contributed by atoms with E-state index in [2.05, 4.69) is 5.32 Å². The molecule has 0 aromatic heterocycles. The van der Waals surface area contributed by atoms with Crippen LogP contribution < -0.4 is 15.7 Å². The Balaban J connectivity index is 2.36. The number of nitrogens with zero attached hydrogens (tertiary/aromatic N) is 1. The molecule has 0 atom stereocenters. The van der Waals surface area contributed by atoms with Crippen LogP contribution in [0.1, 0.15) is 5.56 Å². The van der Waals surface area contributed by atoms with E-state index in [1.165, 1.54) is 6.07 Å². The second-order valence-corrected chi connectivity index (χ2v) is 4.82. The first-order valence-corrected chi connectivity index (χ1v) is 6.37. The van der Waals surface area contributed by atoms with E-state index in [-0.39, 0.29) is 5.56 Å². The van der Waals surface area contributed by atoms with Gasteiger partial charge in [0.25, 0.3) is 0 Å². The van der Waals surface area contributed by atoms with Crippen molar-refractivity contribution in [2.75, 3.05) is 31.1 Å². The Hall–Kier alpha value is -1.70. The minimum atomic E-state index is -5.14. The van der Waals surface area contributed by atoms with Crippen LogP contribution in [0.15, 0.2) is 18.2 Å². The van der Waals surface area contributed by atoms with Crippen LogP contribution in [0.2, 0.25) is 0 Å². The van der Waals surface area contributed by atoms with Crippen molar-refractivity contribution in [1.82, 2.24) is 5.32 Å². The predicted molar refractivity (Wildman–Crippen MR) is 71.6 cm³/mol. The lowest BCUT2D eigenvalue weighted by Crippen LogP contribution is -2.44. The zero-order valence-corrected chi connectivity index (χ0v) is 10.8. The molecular formula is C12H15BF3N2O2-. The molecular weight excluding hydrogens is 272 g/mol. The number of hydrogen-bond acceptors (Lipinski definition) is 3. The van der Waals surface area contributed by atoms with Gasteiger partial charge in [-0.05, 0) is 11.6 Å². The topological polar surface area (TPSA) is 52.6 Å². The number of nitrogens with one attached hydrogen (secondary N) is 1. The van der Waals surface area contributed by atoms with Crippen molar-refractivity contribution in [3.05, 3.63) is 23.8 Å². The van der Waals surface area contributed by atoms with Crippen LogP contribution in [0.5, 0.6) is 0 Å². The monoisotopic (exact) mass is 287 g/mol. The summed E-state index contributed by atoms with van der Waals surface area (Å²) in [6.45, 7) is -2.50. The molecule has 1 aliphatic heterocycles. The van der Waals surface area contributed by atoms with Gasteiger partial charge in [0.15, 0.2) is 0 Å². The molecule has 0 amide bonds. The molecule has 0 saturated carbocycles. The number of carboxylic acid groups (broad SMARTS) is 1. The Morgan fingerprint density at radius 3 is 2.45 bits per heavy atom. The van der Waals surface area contributed by atoms with Gasteiger partial charge < -0.3 is 28.3 Å². The smallest absolute Gasteiger partial charge is 0.481 e. The molecule has 8 heteroatoms. The second kappa shape index (κ2) is 5.74. The largest absolute Gasteiger partial charge is 0.509 e. The van der Waals surface area contributed by atoms with Gasteiger partial charge in [0.1, 0.15) is 0 Å². The number of benzene rings is 1. The molecule has 110 valence electrons. The standard InChI is InChI=1S/C12H15BF3N2O2/c14-13(15,16)10-5-9(7-12(19)20)6-11(8-10)18-3-1-17-2-4-18/h5-6,8,17H,1-4,7H2,(H,19,20)/q-1. The summed E-state index contributed by atoms with van der Waals surface area (Å²) in [6, 6.07) is 3.57. The van der Waals surface area contributed by atoms with E-state index < -0.39 is 24.8 Å². The molecule has 4 nitrogen and oxygen atoms in total. The number of aliphatic carboxylic acids is 1. The van der Waals surface area contributed by atoms with Crippen LogP contribution in [0.25, 0.3) is 0 Å². The fourth-order valence-corrected chi connectivity index (χ4v) is 2.27. The van der Waals surface area contributed by atoms with Gasteiger partial charge in [0, 0.05) is 31.9 Å². The fraction of sp³-hybridized carbons (Fsp3) is 0.417. The third kappa shape index (κ3) is 3.66. The predicted octanol–water partition coefficient (Wildman–Crippen LogP) is 0.778. The first-order valence-electron chi connectivity index (χ1n) is 6.37. The number of carbonyl (C=O) groups is 1. The number of carboxylic acids is 1. The highest BCUT2D eigenvalue weighted by Crippen LogP contribution is 2.20. The summed E-state index contributed by atoms with van der Waals surface area (Å²) >= 11 is 0. The molecule has 0 unspecified atom stereocenters. The lowest BCUT2D eigenvalue weighted by molar-refractivity contribution is -0.136. The average molecular weight is 287 g/mol. The maximum atomic E-state index is 12.9. The van der Waals surface area contributed by atoms with E-state index in [1.54, 1.807) is 0 Å². The normalized spacial score (nSPS) is 16.2. The summed E-state index contributed by atoms with van der Waals surface area (Å²) in [5, 5.41) is 11.9. The summed E-state index contributed by atoms with van der Waals surface area (Å²) in [5.74, 6) is -1.14. The van der Waals surface area contributed by atoms with Gasteiger partial charge in [-0.3, -0.25) is 4.79 Å². The first kappa shape index (κ1) is 14.7. The van der Waals surface area contributed by atoms with Crippen molar-refractivity contribution in [3.8, 4) is 0 Å². The van der Waals surface area contributed by atoms with Crippen LogP contribution in [0.3, 0.4) is 0 Å². The summed E-state index contributed by atoms with van der Waals surface area (Å²) in [4.78, 5) is 12.6. The Bertz CT molecular complexity index is 502. The van der Waals surface area contributed by atoms with E-state index in [4.69, 9.17) is 5.11 Å². The summed E-state index contributed by atoms with van der Waals surface area (Å²) in [7, 11) is 0. The van der Waals surface area contributed by atoms with Crippen LogP contribution >= 0.6 is 0 Å². The highest BCUT2D eigenvalue weighted by molar-refractivity contribution is 6.73. The molecule has 2 rings (SSSR count). The minimum absolute atomic E-state index is 0.183. The molecule has 1 fully saturated rings. The third-order valence-electron chi connectivity index (χ3n) is 3.22. The second-order valence-electron chi connectivity index (χ2n) is 4.82. The maximum absolute atomic E-state index is 12.9. The molecule has 1 heterocycles. The van der Waals surface area contributed by atoms with E-state index in [0.29, 0.717) is 31.9 Å². The molecule has 0 spiro atoms. The zero-order valence-electron chi connectivity index (χ0n) is 10.8. The third-order valence-corrected chi connectivity index (χ3v) is 3.22. The number of hydrogen-bond donors (Lipinski definition) is 2. The Labute approximate surface area is 114 Å². The van der Waals surface area contributed by atoms with Gasteiger partial charge in [-0.15, -0.1) is 5.46 Å². The number of anilines is 1. The Morgan fingerprint density at radius 2 is 1.90 bits per heavy atom. The number of halogens is 3. The van der Waals surface area contributed by atoms with Crippen molar-refractivity contribution in [2.24, 2.45) is 0 Å². The lowest BCUT2D eigenvalue weighted by Gasteiger charge is -2.31. The van der Waals surface area contributed by atoms with Gasteiger partial charge in [-0.25, -0.2) is 0 Å². The SMILES string of the molecule is O=C(O)Cc1cc(N2CCNCC2)cc([B-](F)(F)F)c1. The molecule has 20 heavy (non-hydrogen) atoms. The Kier molecular flexibility index (Phi) is 4.22. The summed E-state index contributed by atoms with van der Waals surface area (Å²) < 4.78 is 38.8. The molecule has 1 aromatic rings. The van der Waals surface area contributed by atoms with Crippen LogP contribution in [-0.2, 0) is 11.2 Å². The molecule has 1 aromatic carbocycles. The quantitative estimate of drug-likeness (QED) is 0.803. The van der Waals surface area contributed by atoms with E-state index >= 15 is 0 Å². The van der Waals surface area contributed by atoms with Crippen LogP contribution in [0.4, 0.5) is 18.6 Å². The summed E-state index contributed by atoms with van der Waals surface area (Å²) in [6.07, 6.45) is -0.404. The van der Waals surface area contributed by atoms with Gasteiger partial charge in [-0.2, -0.15) is 0 Å². The maximum Gasteiger partial charge on any atom is 0.509 e. The first-order chi connectivity index (χ1) is 9.36. The highest BCUT2D eigenvalue weighted by Gasteiger charge is 2.27. The van der Waals surface area contributed by atoms with Gasteiger partial charge in [-0.1, -0.05) is 12.1 Å².